The Kier molecular flexibility index (Phi) is 7.95. The van der Waals surface area contributed by atoms with Gasteiger partial charge in [0.25, 0.3) is 0 Å². The summed E-state index contributed by atoms with van der Waals surface area (Å²) in [6.45, 7) is 7.67. The molecule has 6 heteroatoms. The van der Waals surface area contributed by atoms with E-state index in [1.807, 2.05) is 13.8 Å². The van der Waals surface area contributed by atoms with E-state index in [4.69, 9.17) is 9.47 Å². The van der Waals surface area contributed by atoms with Crippen LogP contribution >= 0.6 is 0 Å². The molecule has 0 aromatic heterocycles. The lowest BCUT2D eigenvalue weighted by Crippen LogP contribution is -2.21. The lowest BCUT2D eigenvalue weighted by Gasteiger charge is -2.13. The maximum absolute atomic E-state index is 12.2. The number of rotatable bonds is 8. The summed E-state index contributed by atoms with van der Waals surface area (Å²) in [7, 11) is 0. The van der Waals surface area contributed by atoms with E-state index in [0.29, 0.717) is 5.69 Å². The van der Waals surface area contributed by atoms with Crippen LogP contribution in [0.5, 0.6) is 0 Å². The minimum Gasteiger partial charge on any atom is -0.462 e. The Hall–Kier alpha value is -2.37. The third-order valence-electron chi connectivity index (χ3n) is 3.39. The first-order valence-corrected chi connectivity index (χ1v) is 8.23. The normalized spacial score (nSPS) is 11.5. The molecule has 1 rings (SSSR count). The Morgan fingerprint density at radius 3 is 1.88 bits per heavy atom. The molecule has 1 aromatic rings. The highest BCUT2D eigenvalue weighted by Gasteiger charge is 2.17. The molecule has 0 radical (unpaired) electrons. The van der Waals surface area contributed by atoms with E-state index in [-0.39, 0.29) is 36.2 Å². The van der Waals surface area contributed by atoms with Crippen molar-refractivity contribution in [3.05, 3.63) is 29.3 Å². The van der Waals surface area contributed by atoms with Gasteiger partial charge in [-0.1, -0.05) is 20.3 Å². The zero-order chi connectivity index (χ0) is 18.1. The van der Waals surface area contributed by atoms with Crippen molar-refractivity contribution in [3.63, 3.8) is 0 Å². The lowest BCUT2D eigenvalue weighted by molar-refractivity contribution is -0.119. The van der Waals surface area contributed by atoms with Crippen molar-refractivity contribution < 1.29 is 23.9 Å². The highest BCUT2D eigenvalue weighted by molar-refractivity contribution is 5.99. The van der Waals surface area contributed by atoms with Crippen molar-refractivity contribution in [1.29, 1.82) is 0 Å². The minimum absolute atomic E-state index is 0.160. The molecule has 0 spiro atoms. The Balaban J connectivity index is 3.11. The number of esters is 2. The molecular weight excluding hydrogens is 310 g/mol. The van der Waals surface area contributed by atoms with Crippen LogP contribution in [-0.4, -0.2) is 31.1 Å². The fourth-order valence-electron chi connectivity index (χ4n) is 2.19. The maximum atomic E-state index is 12.2. The second-order valence-corrected chi connectivity index (χ2v) is 5.42. The number of nitrogens with one attached hydrogen (secondary N) is 1. The van der Waals surface area contributed by atoms with Gasteiger partial charge in [-0.05, 0) is 38.5 Å². The van der Waals surface area contributed by atoms with Gasteiger partial charge >= 0.3 is 11.9 Å². The molecule has 0 heterocycles. The number of hydrogen-bond donors (Lipinski definition) is 1. The summed E-state index contributed by atoms with van der Waals surface area (Å²) in [6.07, 6.45) is 1.65. The molecule has 0 saturated heterocycles. The monoisotopic (exact) mass is 335 g/mol. The van der Waals surface area contributed by atoms with Crippen LogP contribution in [0.2, 0.25) is 0 Å². The van der Waals surface area contributed by atoms with Gasteiger partial charge in [-0.3, -0.25) is 4.79 Å². The first-order chi connectivity index (χ1) is 11.4. The molecule has 0 aliphatic heterocycles. The smallest absolute Gasteiger partial charge is 0.338 e. The van der Waals surface area contributed by atoms with Crippen molar-refractivity contribution in [1.82, 2.24) is 0 Å². The number of benzene rings is 1. The van der Waals surface area contributed by atoms with Crippen LogP contribution in [0.1, 0.15) is 61.3 Å². The van der Waals surface area contributed by atoms with E-state index in [2.05, 4.69) is 5.32 Å². The topological polar surface area (TPSA) is 81.7 Å². The van der Waals surface area contributed by atoms with Gasteiger partial charge < -0.3 is 14.8 Å². The molecule has 0 bridgehead atoms. The van der Waals surface area contributed by atoms with Gasteiger partial charge in [-0.2, -0.15) is 0 Å². The molecular formula is C18H25NO5. The molecule has 0 fully saturated rings. The van der Waals surface area contributed by atoms with Gasteiger partial charge in [0.1, 0.15) is 0 Å². The van der Waals surface area contributed by atoms with E-state index in [0.717, 1.165) is 12.8 Å². The van der Waals surface area contributed by atoms with E-state index in [1.165, 1.54) is 18.2 Å². The fourth-order valence-corrected chi connectivity index (χ4v) is 2.19. The molecule has 1 N–H and O–H groups in total. The molecule has 132 valence electrons. The Labute approximate surface area is 142 Å². The highest BCUT2D eigenvalue weighted by Crippen LogP contribution is 2.19. The van der Waals surface area contributed by atoms with Crippen LogP contribution in [0.25, 0.3) is 0 Å². The number of carbonyl (C=O) groups excluding carboxylic acids is 3. The average Bonchev–Trinajstić information content (AvgIpc) is 2.55. The van der Waals surface area contributed by atoms with Crippen molar-refractivity contribution in [3.8, 4) is 0 Å². The first kappa shape index (κ1) is 19.7. The summed E-state index contributed by atoms with van der Waals surface area (Å²) in [5.41, 5.74) is 0.762. The van der Waals surface area contributed by atoms with Gasteiger partial charge in [0.15, 0.2) is 0 Å². The summed E-state index contributed by atoms with van der Waals surface area (Å²) < 4.78 is 9.93. The van der Waals surface area contributed by atoms with E-state index in [9.17, 15) is 14.4 Å². The molecule has 0 saturated carbocycles. The quantitative estimate of drug-likeness (QED) is 0.736. The molecule has 0 aliphatic rings. The molecule has 1 unspecified atom stereocenters. The summed E-state index contributed by atoms with van der Waals surface area (Å²) in [6, 6.07) is 4.40. The SMILES string of the molecule is CCCC(C)C(=O)Nc1cc(C(=O)OCC)cc(C(=O)OCC)c1. The van der Waals surface area contributed by atoms with Crippen LogP contribution in [0, 0.1) is 5.92 Å². The number of hydrogen-bond acceptors (Lipinski definition) is 5. The number of ether oxygens (including phenoxy) is 2. The van der Waals surface area contributed by atoms with Gasteiger partial charge in [-0.15, -0.1) is 0 Å². The average molecular weight is 335 g/mol. The minimum atomic E-state index is -0.555. The van der Waals surface area contributed by atoms with E-state index >= 15 is 0 Å². The second-order valence-electron chi connectivity index (χ2n) is 5.42. The lowest BCUT2D eigenvalue weighted by atomic mass is 10.0. The third kappa shape index (κ3) is 5.68. The van der Waals surface area contributed by atoms with Crippen molar-refractivity contribution >= 4 is 23.5 Å². The van der Waals surface area contributed by atoms with Crippen molar-refractivity contribution in [2.24, 2.45) is 5.92 Å². The Morgan fingerprint density at radius 1 is 0.958 bits per heavy atom. The largest absolute Gasteiger partial charge is 0.462 e. The van der Waals surface area contributed by atoms with Crippen LogP contribution in [-0.2, 0) is 14.3 Å². The zero-order valence-electron chi connectivity index (χ0n) is 14.7. The molecule has 1 atom stereocenters. The van der Waals surface area contributed by atoms with Crippen LogP contribution in [0.4, 0.5) is 5.69 Å². The Bertz CT molecular complexity index is 561. The highest BCUT2D eigenvalue weighted by atomic mass is 16.5. The molecule has 24 heavy (non-hydrogen) atoms. The molecule has 1 aromatic carbocycles. The standard InChI is InChI=1S/C18H25NO5/c1-5-8-12(4)16(20)19-15-10-13(17(21)23-6-2)9-14(11-15)18(22)24-7-3/h9-12H,5-8H2,1-4H3,(H,19,20). The number of amides is 1. The van der Waals surface area contributed by atoms with Gasteiger partial charge in [0.2, 0.25) is 5.91 Å². The Morgan fingerprint density at radius 2 is 1.46 bits per heavy atom. The summed E-state index contributed by atoms with van der Waals surface area (Å²) in [5.74, 6) is -1.43. The zero-order valence-corrected chi connectivity index (χ0v) is 14.7. The number of carbonyl (C=O) groups is 3. The predicted octanol–water partition coefficient (Wildman–Crippen LogP) is 3.41. The maximum Gasteiger partial charge on any atom is 0.338 e. The molecule has 6 nitrogen and oxygen atoms in total. The number of anilines is 1. The van der Waals surface area contributed by atoms with Gasteiger partial charge in [0, 0.05) is 11.6 Å². The first-order valence-electron chi connectivity index (χ1n) is 8.23. The summed E-state index contributed by atoms with van der Waals surface area (Å²) >= 11 is 0. The van der Waals surface area contributed by atoms with Crippen LogP contribution < -0.4 is 5.32 Å². The molecule has 0 aliphatic carbocycles. The van der Waals surface area contributed by atoms with Gasteiger partial charge in [-0.25, -0.2) is 9.59 Å². The fraction of sp³-hybridized carbons (Fsp3) is 0.500. The summed E-state index contributed by atoms with van der Waals surface area (Å²) in [5, 5.41) is 2.75. The van der Waals surface area contributed by atoms with Gasteiger partial charge in [0.05, 0.1) is 24.3 Å². The molecule has 1 amide bonds. The summed E-state index contributed by atoms with van der Waals surface area (Å²) in [4.78, 5) is 36.1. The predicted molar refractivity (Wildman–Crippen MR) is 91.1 cm³/mol. The second kappa shape index (κ2) is 9.70. The van der Waals surface area contributed by atoms with E-state index in [1.54, 1.807) is 13.8 Å². The van der Waals surface area contributed by atoms with Crippen molar-refractivity contribution in [2.75, 3.05) is 18.5 Å². The van der Waals surface area contributed by atoms with Crippen molar-refractivity contribution in [2.45, 2.75) is 40.5 Å². The van der Waals surface area contributed by atoms with Crippen LogP contribution in [0.3, 0.4) is 0 Å². The third-order valence-corrected chi connectivity index (χ3v) is 3.39. The van der Waals surface area contributed by atoms with Crippen LogP contribution in [0.15, 0.2) is 18.2 Å². The van der Waals surface area contributed by atoms with E-state index < -0.39 is 11.9 Å².